The SMILES string of the molecule is NC1CN(C(=O)NS(=O)(=O)N2C(=O)CN(NC(=O)c3cc(=O)c(O)c[nH]3)C2=O)C1=O. The molecule has 1 aromatic heterocycles. The fraction of sp³-hybridized carbons (Fsp3) is 0.231. The second-order valence-electron chi connectivity index (χ2n) is 6.03. The lowest BCUT2D eigenvalue weighted by atomic mass is 10.1. The van der Waals surface area contributed by atoms with E-state index in [-0.39, 0.29) is 10.8 Å². The van der Waals surface area contributed by atoms with Crippen LogP contribution in [-0.4, -0.2) is 81.6 Å². The van der Waals surface area contributed by atoms with Crippen molar-refractivity contribution in [3.63, 3.8) is 0 Å². The van der Waals surface area contributed by atoms with Gasteiger partial charge in [0.05, 0.1) is 6.54 Å². The summed E-state index contributed by atoms with van der Waals surface area (Å²) in [7, 11) is -5.05. The predicted molar refractivity (Wildman–Crippen MR) is 92.3 cm³/mol. The lowest BCUT2D eigenvalue weighted by Gasteiger charge is -2.33. The predicted octanol–water partition coefficient (Wildman–Crippen LogP) is -3.89. The number of amides is 7. The largest absolute Gasteiger partial charge is 0.503 e. The van der Waals surface area contributed by atoms with Gasteiger partial charge in [-0.15, -0.1) is 4.31 Å². The fourth-order valence-electron chi connectivity index (χ4n) is 2.43. The first-order chi connectivity index (χ1) is 13.9. The average Bonchev–Trinajstić information content (AvgIpc) is 2.94. The zero-order chi connectivity index (χ0) is 22.4. The molecule has 7 amide bonds. The van der Waals surface area contributed by atoms with Gasteiger partial charge < -0.3 is 15.8 Å². The van der Waals surface area contributed by atoms with Gasteiger partial charge in [0.1, 0.15) is 18.3 Å². The van der Waals surface area contributed by atoms with Crippen LogP contribution in [0.5, 0.6) is 5.75 Å². The molecule has 0 aliphatic carbocycles. The van der Waals surface area contributed by atoms with Crippen LogP contribution in [0, 0.1) is 0 Å². The molecule has 0 saturated carbocycles. The van der Waals surface area contributed by atoms with Gasteiger partial charge >= 0.3 is 22.3 Å². The maximum atomic E-state index is 12.3. The van der Waals surface area contributed by atoms with Gasteiger partial charge in [-0.2, -0.15) is 8.42 Å². The molecule has 2 saturated heterocycles. The Morgan fingerprint density at radius 1 is 1.23 bits per heavy atom. The number of hydrogen-bond acceptors (Lipinski definition) is 10. The highest BCUT2D eigenvalue weighted by molar-refractivity contribution is 7.88. The summed E-state index contributed by atoms with van der Waals surface area (Å²) >= 11 is 0. The van der Waals surface area contributed by atoms with Gasteiger partial charge in [0.15, 0.2) is 5.75 Å². The molecule has 0 bridgehead atoms. The summed E-state index contributed by atoms with van der Waals surface area (Å²) in [6.07, 6.45) is 0.809. The Bertz CT molecular complexity index is 1140. The van der Waals surface area contributed by atoms with E-state index in [2.05, 4.69) is 4.98 Å². The normalized spacial score (nSPS) is 19.0. The molecule has 3 rings (SSSR count). The van der Waals surface area contributed by atoms with Gasteiger partial charge in [-0.1, -0.05) is 0 Å². The first-order valence-electron chi connectivity index (χ1n) is 7.93. The first-order valence-corrected chi connectivity index (χ1v) is 9.37. The molecular formula is C13H13N7O9S. The summed E-state index contributed by atoms with van der Waals surface area (Å²) in [4.78, 5) is 73.7. The van der Waals surface area contributed by atoms with Crippen molar-refractivity contribution >= 4 is 40.0 Å². The van der Waals surface area contributed by atoms with Crippen LogP contribution in [-0.2, 0) is 19.8 Å². The minimum Gasteiger partial charge on any atom is -0.503 e. The quantitative estimate of drug-likeness (QED) is 0.224. The van der Waals surface area contributed by atoms with Crippen molar-refractivity contribution in [2.45, 2.75) is 6.04 Å². The Kier molecular flexibility index (Phi) is 4.92. The number of pyridine rings is 1. The van der Waals surface area contributed by atoms with Crippen LogP contribution >= 0.6 is 0 Å². The van der Waals surface area contributed by atoms with E-state index in [1.807, 2.05) is 5.43 Å². The summed E-state index contributed by atoms with van der Waals surface area (Å²) in [6.45, 7) is -1.16. The number of β-lactam (4-membered cyclic amide) rings is 1. The van der Waals surface area contributed by atoms with E-state index >= 15 is 0 Å². The van der Waals surface area contributed by atoms with Crippen molar-refractivity contribution in [2.24, 2.45) is 5.73 Å². The van der Waals surface area contributed by atoms with E-state index in [4.69, 9.17) is 10.8 Å². The van der Waals surface area contributed by atoms with Gasteiger partial charge in [-0.25, -0.2) is 19.3 Å². The maximum Gasteiger partial charge on any atom is 0.361 e. The number of hydrazine groups is 1. The molecule has 17 heteroatoms. The molecule has 160 valence electrons. The number of imide groups is 2. The minimum absolute atomic E-state index is 0.255. The zero-order valence-electron chi connectivity index (χ0n) is 14.7. The first kappa shape index (κ1) is 20.7. The smallest absolute Gasteiger partial charge is 0.361 e. The molecular weight excluding hydrogens is 430 g/mol. The second kappa shape index (κ2) is 7.12. The number of aromatic hydroxyl groups is 1. The van der Waals surface area contributed by atoms with Gasteiger partial charge in [0.2, 0.25) is 11.3 Å². The number of aromatic amines is 1. The Balaban J connectivity index is 1.71. The molecule has 2 aliphatic heterocycles. The molecule has 6 N–H and O–H groups in total. The topological polar surface area (TPSA) is 232 Å². The molecule has 0 radical (unpaired) electrons. The maximum absolute atomic E-state index is 12.3. The number of urea groups is 2. The Morgan fingerprint density at radius 2 is 1.90 bits per heavy atom. The van der Waals surface area contributed by atoms with Gasteiger partial charge in [-0.3, -0.25) is 29.5 Å². The number of nitrogens with one attached hydrogen (secondary N) is 3. The standard InChI is InChI=1S/C13H13N7O9S/c14-5-3-18(11(5)25)12(26)17-30(28,29)20-9(23)4-19(13(20)27)16-10(24)6-1-7(21)8(22)2-15-6/h1-2,5,22H,3-4,14H2,(H,15,21)(H,16,24)(H,17,26). The van der Waals surface area contributed by atoms with Crippen LogP contribution in [0.1, 0.15) is 10.5 Å². The molecule has 2 aliphatic rings. The van der Waals surface area contributed by atoms with Crippen molar-refractivity contribution in [3.8, 4) is 5.75 Å². The van der Waals surface area contributed by atoms with E-state index in [9.17, 15) is 37.2 Å². The van der Waals surface area contributed by atoms with E-state index in [1.165, 1.54) is 4.72 Å². The highest BCUT2D eigenvalue weighted by Gasteiger charge is 2.47. The molecule has 16 nitrogen and oxygen atoms in total. The molecule has 1 unspecified atom stereocenters. The highest BCUT2D eigenvalue weighted by Crippen LogP contribution is 2.14. The van der Waals surface area contributed by atoms with Gasteiger partial charge in [0.25, 0.3) is 11.8 Å². The number of aromatic nitrogens is 1. The van der Waals surface area contributed by atoms with E-state index in [0.29, 0.717) is 16.0 Å². The summed E-state index contributed by atoms with van der Waals surface area (Å²) in [5, 5.41) is 9.47. The van der Waals surface area contributed by atoms with Crippen LogP contribution in [0.25, 0.3) is 0 Å². The molecule has 0 aromatic carbocycles. The van der Waals surface area contributed by atoms with Crippen molar-refractivity contribution in [1.82, 2.24) is 29.3 Å². The van der Waals surface area contributed by atoms with Crippen molar-refractivity contribution in [2.75, 3.05) is 13.1 Å². The Morgan fingerprint density at radius 3 is 2.47 bits per heavy atom. The van der Waals surface area contributed by atoms with Crippen molar-refractivity contribution < 1.29 is 37.5 Å². The molecule has 2 fully saturated rings. The van der Waals surface area contributed by atoms with Crippen LogP contribution in [0.15, 0.2) is 17.1 Å². The number of likely N-dealkylation sites (tertiary alicyclic amines) is 1. The molecule has 1 atom stereocenters. The average molecular weight is 443 g/mol. The summed E-state index contributed by atoms with van der Waals surface area (Å²) in [6, 6.07) is -3.20. The third-order valence-electron chi connectivity index (χ3n) is 3.96. The van der Waals surface area contributed by atoms with Crippen LogP contribution in [0.3, 0.4) is 0 Å². The zero-order valence-corrected chi connectivity index (χ0v) is 15.5. The number of hydrogen-bond donors (Lipinski definition) is 5. The van der Waals surface area contributed by atoms with Crippen molar-refractivity contribution in [3.05, 3.63) is 28.2 Å². The van der Waals surface area contributed by atoms with Gasteiger partial charge in [-0.05, 0) is 0 Å². The number of carbonyl (C=O) groups excluding carboxylic acids is 5. The van der Waals surface area contributed by atoms with E-state index in [1.54, 1.807) is 0 Å². The number of nitrogens with zero attached hydrogens (tertiary/aromatic N) is 3. The third kappa shape index (κ3) is 3.53. The summed E-state index contributed by atoms with van der Waals surface area (Å²) in [5.74, 6) is -3.93. The Labute approximate surface area is 166 Å². The van der Waals surface area contributed by atoms with E-state index in [0.717, 1.165) is 6.20 Å². The van der Waals surface area contributed by atoms with E-state index < -0.39 is 69.5 Å². The van der Waals surface area contributed by atoms with Crippen LogP contribution in [0.2, 0.25) is 0 Å². The Hall–Kier alpha value is -3.99. The summed E-state index contributed by atoms with van der Waals surface area (Å²) < 4.78 is 25.6. The number of nitrogens with two attached hydrogens (primary N) is 1. The molecule has 3 heterocycles. The molecule has 30 heavy (non-hydrogen) atoms. The minimum atomic E-state index is -5.05. The second-order valence-corrected chi connectivity index (χ2v) is 7.55. The van der Waals surface area contributed by atoms with Crippen molar-refractivity contribution in [1.29, 1.82) is 0 Å². The summed E-state index contributed by atoms with van der Waals surface area (Å²) in [5.41, 5.74) is 5.89. The van der Waals surface area contributed by atoms with Gasteiger partial charge in [0, 0.05) is 12.3 Å². The molecule has 1 aromatic rings. The lowest BCUT2D eigenvalue weighted by molar-refractivity contribution is -0.137. The third-order valence-corrected chi connectivity index (χ3v) is 5.24. The highest BCUT2D eigenvalue weighted by atomic mass is 32.2. The lowest BCUT2D eigenvalue weighted by Crippen LogP contribution is -2.66. The monoisotopic (exact) mass is 443 g/mol. The number of carbonyl (C=O) groups is 5. The van der Waals surface area contributed by atoms with Crippen LogP contribution < -0.4 is 21.3 Å². The molecule has 0 spiro atoms. The van der Waals surface area contributed by atoms with Crippen LogP contribution in [0.4, 0.5) is 9.59 Å². The number of rotatable bonds is 4. The number of H-pyrrole nitrogens is 1. The fourth-order valence-corrected chi connectivity index (χ4v) is 3.48.